The molecule has 0 aromatic carbocycles. The van der Waals surface area contributed by atoms with Crippen LogP contribution in [0.5, 0.6) is 0 Å². The van der Waals surface area contributed by atoms with Crippen LogP contribution in [0.3, 0.4) is 0 Å². The molecule has 1 rings (SSSR count). The molecule has 0 unspecified atom stereocenters. The summed E-state index contributed by atoms with van der Waals surface area (Å²) in [5.74, 6) is -0.275. The van der Waals surface area contributed by atoms with Gasteiger partial charge in [-0.15, -0.1) is 0 Å². The molecule has 0 bridgehead atoms. The van der Waals surface area contributed by atoms with Gasteiger partial charge in [-0.25, -0.2) is 0 Å². The minimum absolute atomic E-state index is 0. The summed E-state index contributed by atoms with van der Waals surface area (Å²) >= 11 is 0. The van der Waals surface area contributed by atoms with Crippen molar-refractivity contribution < 1.29 is 42.3 Å². The molecule has 0 heterocycles. The number of carbonyl (C=O) groups excluding carboxylic acids is 2. The van der Waals surface area contributed by atoms with Crippen LogP contribution in [0.25, 0.3) is 0 Å². The van der Waals surface area contributed by atoms with Crippen molar-refractivity contribution in [2.75, 3.05) is 0 Å². The molecule has 0 amide bonds. The molecule has 0 spiro atoms. The van der Waals surface area contributed by atoms with Gasteiger partial charge in [0.1, 0.15) is 0 Å². The summed E-state index contributed by atoms with van der Waals surface area (Å²) < 4.78 is 0. The second-order valence-electron chi connectivity index (χ2n) is 1.77. The van der Waals surface area contributed by atoms with Gasteiger partial charge in [-0.3, -0.25) is 0 Å². The molecule has 0 atom stereocenters. The summed E-state index contributed by atoms with van der Waals surface area (Å²) in [6.07, 6.45) is 2.43. The average Bonchev–Trinajstić information content (AvgIpc) is 1.85. The third-order valence-corrected chi connectivity index (χ3v) is 1.07. The molecule has 0 aromatic rings. The molecular weight excluding hydrogens is 193 g/mol. The standard InChI is InChI=1S/C6H5O2.Y/c1-4-2-5(7)3-6(4)8;/h3H2,1H3;/q-1;. The third kappa shape index (κ3) is 2.11. The molecule has 9 heavy (non-hydrogen) atoms. The Morgan fingerprint density at radius 3 is 2.11 bits per heavy atom. The summed E-state index contributed by atoms with van der Waals surface area (Å²) in [7, 11) is 0. The van der Waals surface area contributed by atoms with Crippen molar-refractivity contribution in [1.29, 1.82) is 0 Å². The molecule has 0 saturated heterocycles. The molecule has 0 fully saturated rings. The molecular formula is C6H5O2Y-. The van der Waals surface area contributed by atoms with E-state index < -0.39 is 0 Å². The minimum atomic E-state index is -0.187. The summed E-state index contributed by atoms with van der Waals surface area (Å²) in [6, 6.07) is 0. The van der Waals surface area contributed by atoms with E-state index in [1.807, 2.05) is 0 Å². The number of carbonyl (C=O) groups is 2. The van der Waals surface area contributed by atoms with Crippen LogP contribution in [-0.4, -0.2) is 11.6 Å². The van der Waals surface area contributed by atoms with Crippen molar-refractivity contribution in [2.24, 2.45) is 0 Å². The van der Waals surface area contributed by atoms with Crippen LogP contribution in [0.15, 0.2) is 5.57 Å². The monoisotopic (exact) mass is 198 g/mol. The molecule has 3 heteroatoms. The van der Waals surface area contributed by atoms with Gasteiger partial charge in [-0.05, 0) is 6.42 Å². The van der Waals surface area contributed by atoms with E-state index in [-0.39, 0.29) is 50.7 Å². The Balaban J connectivity index is 0.000000640. The first-order valence-electron chi connectivity index (χ1n) is 2.37. The van der Waals surface area contributed by atoms with E-state index in [1.165, 1.54) is 0 Å². The van der Waals surface area contributed by atoms with Gasteiger partial charge in [-0.1, -0.05) is 6.92 Å². The summed E-state index contributed by atoms with van der Waals surface area (Å²) in [4.78, 5) is 20.8. The number of ketones is 2. The first kappa shape index (κ1) is 9.18. The van der Waals surface area contributed by atoms with Gasteiger partial charge in [0.2, 0.25) is 0 Å². The molecule has 1 aliphatic rings. The van der Waals surface area contributed by atoms with Gasteiger partial charge < -0.3 is 9.59 Å². The quantitative estimate of drug-likeness (QED) is 0.413. The van der Waals surface area contributed by atoms with Crippen molar-refractivity contribution in [3.05, 3.63) is 11.6 Å². The van der Waals surface area contributed by atoms with Crippen molar-refractivity contribution in [3.63, 3.8) is 0 Å². The number of Topliss-reactive ketones (excluding diaryl/α,β-unsaturated/α-hetero) is 2. The van der Waals surface area contributed by atoms with E-state index in [1.54, 1.807) is 6.92 Å². The zero-order valence-corrected chi connectivity index (χ0v) is 7.94. The minimum Gasteiger partial charge on any atom is -0.406 e. The Morgan fingerprint density at radius 2 is 2.00 bits per heavy atom. The fourth-order valence-corrected chi connectivity index (χ4v) is 0.601. The van der Waals surface area contributed by atoms with Gasteiger partial charge in [0.25, 0.3) is 0 Å². The van der Waals surface area contributed by atoms with Crippen LogP contribution in [0.1, 0.15) is 13.3 Å². The van der Waals surface area contributed by atoms with E-state index in [0.717, 1.165) is 0 Å². The fourth-order valence-electron chi connectivity index (χ4n) is 0.601. The normalized spacial score (nSPS) is 17.2. The maximum atomic E-state index is 10.5. The first-order valence-corrected chi connectivity index (χ1v) is 2.37. The molecule has 0 N–H and O–H groups in total. The molecule has 1 aliphatic carbocycles. The van der Waals surface area contributed by atoms with Crippen LogP contribution < -0.4 is 0 Å². The van der Waals surface area contributed by atoms with Crippen molar-refractivity contribution in [3.8, 4) is 0 Å². The van der Waals surface area contributed by atoms with E-state index in [4.69, 9.17) is 0 Å². The Bertz CT molecular complexity index is 181. The molecule has 1 radical (unpaired) electrons. The molecule has 0 aliphatic heterocycles. The average molecular weight is 198 g/mol. The van der Waals surface area contributed by atoms with Crippen LogP contribution in [0.2, 0.25) is 0 Å². The Morgan fingerprint density at radius 1 is 1.44 bits per heavy atom. The molecule has 0 aromatic heterocycles. The first-order chi connectivity index (χ1) is 3.70. The predicted octanol–water partition coefficient (Wildman–Crippen LogP) is 0.275. The maximum absolute atomic E-state index is 10.5. The van der Waals surface area contributed by atoms with Gasteiger partial charge >= 0.3 is 0 Å². The Hall–Kier alpha value is 0.184. The van der Waals surface area contributed by atoms with Gasteiger partial charge in [0, 0.05) is 38.5 Å². The predicted molar refractivity (Wildman–Crippen MR) is 27.1 cm³/mol. The van der Waals surface area contributed by atoms with Crippen LogP contribution in [0, 0.1) is 6.08 Å². The van der Waals surface area contributed by atoms with E-state index >= 15 is 0 Å². The van der Waals surface area contributed by atoms with Gasteiger partial charge in [0.15, 0.2) is 0 Å². The van der Waals surface area contributed by atoms with Crippen molar-refractivity contribution >= 4 is 11.6 Å². The van der Waals surface area contributed by atoms with Crippen LogP contribution >= 0.6 is 0 Å². The maximum Gasteiger partial charge on any atom is 0.0578 e. The second kappa shape index (κ2) is 3.38. The smallest absolute Gasteiger partial charge is 0.0578 e. The van der Waals surface area contributed by atoms with Crippen LogP contribution in [-0.2, 0) is 42.3 Å². The fraction of sp³-hybridized carbons (Fsp3) is 0.333. The Kier molecular flexibility index (Phi) is 3.45. The van der Waals surface area contributed by atoms with E-state index in [2.05, 4.69) is 6.08 Å². The van der Waals surface area contributed by atoms with Crippen LogP contribution in [0.4, 0.5) is 0 Å². The Labute approximate surface area is 78.6 Å². The number of hydrogen-bond donors (Lipinski definition) is 0. The summed E-state index contributed by atoms with van der Waals surface area (Å²) in [5, 5.41) is 0. The topological polar surface area (TPSA) is 34.1 Å². The van der Waals surface area contributed by atoms with E-state index in [9.17, 15) is 9.59 Å². The largest absolute Gasteiger partial charge is 0.406 e. The summed E-state index contributed by atoms with van der Waals surface area (Å²) in [5.41, 5.74) is 0.468. The van der Waals surface area contributed by atoms with Gasteiger partial charge in [0.05, 0.1) is 5.78 Å². The van der Waals surface area contributed by atoms with E-state index in [0.29, 0.717) is 5.57 Å². The number of rotatable bonds is 0. The molecule has 0 saturated carbocycles. The molecule has 2 nitrogen and oxygen atoms in total. The summed E-state index contributed by atoms with van der Waals surface area (Å²) in [6.45, 7) is 1.60. The molecule has 45 valence electrons. The number of allylic oxidation sites excluding steroid dienone is 2. The SMILES string of the molecule is CC1=[C-]C(=O)CC1=O.[Y]. The van der Waals surface area contributed by atoms with Crippen molar-refractivity contribution in [1.82, 2.24) is 0 Å². The third-order valence-electron chi connectivity index (χ3n) is 1.07. The number of hydrogen-bond acceptors (Lipinski definition) is 2. The zero-order chi connectivity index (χ0) is 6.15. The second-order valence-corrected chi connectivity index (χ2v) is 1.77. The van der Waals surface area contributed by atoms with Gasteiger partial charge in [-0.2, -0.15) is 11.6 Å². The van der Waals surface area contributed by atoms with Crippen molar-refractivity contribution in [2.45, 2.75) is 13.3 Å². The zero-order valence-electron chi connectivity index (χ0n) is 5.10.